The highest BCUT2D eigenvalue weighted by Crippen LogP contribution is 2.32. The Bertz CT molecular complexity index is 1070. The van der Waals surface area contributed by atoms with Crippen LogP contribution in [0, 0.1) is 22.7 Å². The minimum absolute atomic E-state index is 0.207. The number of hydrogen-bond donors (Lipinski definition) is 0. The largest absolute Gasteiger partial charge is 0.312 e. The maximum atomic E-state index is 13.1. The Hall–Kier alpha value is -3.97. The second-order valence-corrected chi connectivity index (χ2v) is 5.85. The average Bonchev–Trinajstić information content (AvgIpc) is 3.11. The minimum atomic E-state index is -0.754. The number of aromatic nitrogens is 3. The molecule has 0 bridgehead atoms. The van der Waals surface area contributed by atoms with Crippen molar-refractivity contribution in [3.8, 4) is 17.8 Å². The lowest BCUT2D eigenvalue weighted by Crippen LogP contribution is -2.33. The van der Waals surface area contributed by atoms with Crippen molar-refractivity contribution in [2.45, 2.75) is 12.6 Å². The topological polar surface area (TPSA) is 98.6 Å². The lowest BCUT2D eigenvalue weighted by atomic mass is 10.0. The molecule has 0 radical (unpaired) electrons. The zero-order valence-electron chi connectivity index (χ0n) is 13.6. The Balaban J connectivity index is 1.82. The molecule has 1 aromatic heterocycles. The van der Waals surface area contributed by atoms with Crippen LogP contribution in [0.3, 0.4) is 0 Å². The monoisotopic (exact) mass is 340 g/mol. The molecule has 0 aliphatic carbocycles. The van der Waals surface area contributed by atoms with Crippen LogP contribution in [-0.4, -0.2) is 25.8 Å². The van der Waals surface area contributed by atoms with E-state index in [4.69, 9.17) is 5.26 Å². The molecule has 1 atom stereocenters. The second kappa shape index (κ2) is 6.15. The molecule has 26 heavy (non-hydrogen) atoms. The smallest absolute Gasteiger partial charge is 0.255 e. The fourth-order valence-corrected chi connectivity index (χ4v) is 3.09. The molecule has 1 amide bonds. The first kappa shape index (κ1) is 15.6. The number of carbonyl (C=O) groups is 1. The first-order valence-electron chi connectivity index (χ1n) is 7.92. The van der Waals surface area contributed by atoms with Crippen LogP contribution in [0.4, 0.5) is 0 Å². The molecule has 1 aliphatic rings. The summed E-state index contributed by atoms with van der Waals surface area (Å²) in [5, 5.41) is 26.8. The summed E-state index contributed by atoms with van der Waals surface area (Å²) in [4.78, 5) is 14.6. The Morgan fingerprint density at radius 1 is 1.12 bits per heavy atom. The Morgan fingerprint density at radius 3 is 2.62 bits per heavy atom. The van der Waals surface area contributed by atoms with Crippen molar-refractivity contribution in [3.05, 3.63) is 77.1 Å². The van der Waals surface area contributed by atoms with Crippen LogP contribution >= 0.6 is 0 Å². The van der Waals surface area contributed by atoms with Gasteiger partial charge in [-0.2, -0.15) is 10.5 Å². The van der Waals surface area contributed by atoms with E-state index in [0.29, 0.717) is 16.7 Å². The third kappa shape index (κ3) is 2.40. The number of para-hydroxylation sites is 1. The maximum absolute atomic E-state index is 13.1. The molecule has 1 aliphatic heterocycles. The summed E-state index contributed by atoms with van der Waals surface area (Å²) in [5.74, 6) is -0.287. The number of nitriles is 2. The van der Waals surface area contributed by atoms with Gasteiger partial charge in [0.25, 0.3) is 5.91 Å². The lowest BCUT2D eigenvalue weighted by Gasteiger charge is -2.25. The molecular formula is C19H12N6O. The van der Waals surface area contributed by atoms with Gasteiger partial charge >= 0.3 is 0 Å². The summed E-state index contributed by atoms with van der Waals surface area (Å²) in [6.07, 6.45) is 1.59. The Kier molecular flexibility index (Phi) is 3.68. The van der Waals surface area contributed by atoms with Crippen molar-refractivity contribution < 1.29 is 4.79 Å². The molecule has 4 rings (SSSR count). The summed E-state index contributed by atoms with van der Waals surface area (Å²) in [5.41, 5.74) is 3.05. The standard InChI is InChI=1S/C19H12N6O/c20-9-13-5-7-14(8-6-13)19(26)24-12-15-11-22-23-25(15)17-4-2-1-3-16(17)18(24)10-21/h1-8,11,18H,12H2. The first-order valence-corrected chi connectivity index (χ1v) is 7.92. The first-order chi connectivity index (χ1) is 12.7. The van der Waals surface area contributed by atoms with E-state index in [0.717, 1.165) is 11.4 Å². The van der Waals surface area contributed by atoms with Gasteiger partial charge in [-0.1, -0.05) is 23.4 Å². The van der Waals surface area contributed by atoms with Gasteiger partial charge in [0.1, 0.15) is 6.04 Å². The number of nitrogens with zero attached hydrogens (tertiary/aromatic N) is 6. The zero-order chi connectivity index (χ0) is 18.1. The second-order valence-electron chi connectivity index (χ2n) is 5.85. The van der Waals surface area contributed by atoms with Crippen LogP contribution in [0.1, 0.15) is 33.2 Å². The van der Waals surface area contributed by atoms with Gasteiger partial charge in [0.15, 0.2) is 0 Å². The van der Waals surface area contributed by atoms with E-state index in [9.17, 15) is 10.1 Å². The lowest BCUT2D eigenvalue weighted by molar-refractivity contribution is 0.0702. The third-order valence-electron chi connectivity index (χ3n) is 4.37. The van der Waals surface area contributed by atoms with Crippen LogP contribution in [0.25, 0.3) is 5.69 Å². The molecule has 0 N–H and O–H groups in total. The van der Waals surface area contributed by atoms with Crippen LogP contribution in [0.15, 0.2) is 54.7 Å². The summed E-state index contributed by atoms with van der Waals surface area (Å²) in [6.45, 7) is 0.207. The van der Waals surface area contributed by atoms with Crippen molar-refractivity contribution in [3.63, 3.8) is 0 Å². The van der Waals surface area contributed by atoms with Crippen molar-refractivity contribution >= 4 is 5.91 Å². The highest BCUT2D eigenvalue weighted by Gasteiger charge is 2.32. The fourth-order valence-electron chi connectivity index (χ4n) is 3.09. The normalized spacial score (nSPS) is 15.2. The van der Waals surface area contributed by atoms with Gasteiger partial charge in [-0.3, -0.25) is 4.79 Å². The van der Waals surface area contributed by atoms with Gasteiger partial charge in [0, 0.05) is 11.1 Å². The Morgan fingerprint density at radius 2 is 1.88 bits per heavy atom. The molecule has 0 spiro atoms. The molecule has 0 saturated heterocycles. The van der Waals surface area contributed by atoms with E-state index in [1.807, 2.05) is 30.3 Å². The van der Waals surface area contributed by atoms with Gasteiger partial charge in [-0.05, 0) is 30.3 Å². The van der Waals surface area contributed by atoms with Gasteiger partial charge in [-0.15, -0.1) is 5.10 Å². The molecule has 1 unspecified atom stereocenters. The van der Waals surface area contributed by atoms with Gasteiger partial charge < -0.3 is 4.90 Å². The highest BCUT2D eigenvalue weighted by molar-refractivity contribution is 5.95. The van der Waals surface area contributed by atoms with E-state index < -0.39 is 6.04 Å². The molecule has 7 heteroatoms. The highest BCUT2D eigenvalue weighted by atomic mass is 16.2. The molecule has 2 aromatic carbocycles. The molecule has 2 heterocycles. The predicted molar refractivity (Wildman–Crippen MR) is 90.7 cm³/mol. The SMILES string of the molecule is N#Cc1ccc(C(=O)N2Cc3cnnn3-c3ccccc3C2C#N)cc1. The Labute approximate surface area is 149 Å². The number of fused-ring (bicyclic) bond motifs is 3. The molecular weight excluding hydrogens is 328 g/mol. The van der Waals surface area contributed by atoms with Gasteiger partial charge in [0.05, 0.1) is 41.8 Å². The van der Waals surface area contributed by atoms with E-state index in [-0.39, 0.29) is 12.5 Å². The summed E-state index contributed by atoms with van der Waals surface area (Å²) >= 11 is 0. The summed E-state index contributed by atoms with van der Waals surface area (Å²) < 4.78 is 1.66. The van der Waals surface area contributed by atoms with Crippen molar-refractivity contribution in [2.75, 3.05) is 0 Å². The van der Waals surface area contributed by atoms with Crippen LogP contribution in [0.2, 0.25) is 0 Å². The van der Waals surface area contributed by atoms with E-state index >= 15 is 0 Å². The van der Waals surface area contributed by atoms with Crippen molar-refractivity contribution in [1.29, 1.82) is 10.5 Å². The molecule has 7 nitrogen and oxygen atoms in total. The number of rotatable bonds is 1. The fraction of sp³-hybridized carbons (Fsp3) is 0.105. The molecule has 0 saturated carbocycles. The summed E-state index contributed by atoms with van der Waals surface area (Å²) in [6, 6.07) is 17.3. The van der Waals surface area contributed by atoms with E-state index in [2.05, 4.69) is 16.4 Å². The van der Waals surface area contributed by atoms with E-state index in [1.165, 1.54) is 4.90 Å². The van der Waals surface area contributed by atoms with Crippen molar-refractivity contribution in [2.24, 2.45) is 0 Å². The number of amides is 1. The molecule has 0 fully saturated rings. The third-order valence-corrected chi connectivity index (χ3v) is 4.37. The van der Waals surface area contributed by atoms with Gasteiger partial charge in [-0.25, -0.2) is 4.68 Å². The number of hydrogen-bond acceptors (Lipinski definition) is 5. The average molecular weight is 340 g/mol. The quantitative estimate of drug-likeness (QED) is 0.677. The number of carbonyl (C=O) groups excluding carboxylic acids is 1. The van der Waals surface area contributed by atoms with Crippen LogP contribution in [-0.2, 0) is 6.54 Å². The van der Waals surface area contributed by atoms with Gasteiger partial charge in [0.2, 0.25) is 0 Å². The number of benzene rings is 2. The van der Waals surface area contributed by atoms with Crippen molar-refractivity contribution in [1.82, 2.24) is 19.9 Å². The minimum Gasteiger partial charge on any atom is -0.312 e. The maximum Gasteiger partial charge on any atom is 0.255 e. The van der Waals surface area contributed by atoms with Crippen LogP contribution < -0.4 is 0 Å². The molecule has 124 valence electrons. The van der Waals surface area contributed by atoms with Crippen LogP contribution in [0.5, 0.6) is 0 Å². The molecule has 3 aromatic rings. The zero-order valence-corrected chi connectivity index (χ0v) is 13.6. The predicted octanol–water partition coefficient (Wildman–Crippen LogP) is 2.36. The van der Waals surface area contributed by atoms with E-state index in [1.54, 1.807) is 35.1 Å². The summed E-state index contributed by atoms with van der Waals surface area (Å²) in [7, 11) is 0.